The number of hydrogen-bond donors (Lipinski definition) is 2. The molecule has 0 unspecified atom stereocenters. The third-order valence-electron chi connectivity index (χ3n) is 4.56. The summed E-state index contributed by atoms with van der Waals surface area (Å²) in [7, 11) is 3.95. The smallest absolute Gasteiger partial charge is 0.273 e. The van der Waals surface area contributed by atoms with E-state index in [0.29, 0.717) is 46.7 Å². The summed E-state index contributed by atoms with van der Waals surface area (Å²) in [5.41, 5.74) is 1.31. The van der Waals surface area contributed by atoms with Crippen LogP contribution in [-0.4, -0.2) is 48.9 Å². The molecule has 0 saturated carbocycles. The minimum atomic E-state index is -0.279. The molecule has 0 radical (unpaired) electrons. The van der Waals surface area contributed by atoms with Crippen molar-refractivity contribution in [2.75, 3.05) is 32.6 Å². The van der Waals surface area contributed by atoms with Gasteiger partial charge in [-0.25, -0.2) is 4.98 Å². The van der Waals surface area contributed by atoms with Crippen LogP contribution in [-0.2, 0) is 6.54 Å². The summed E-state index contributed by atoms with van der Waals surface area (Å²) < 4.78 is 11.4. The lowest BCUT2D eigenvalue weighted by molar-refractivity contribution is 0.0950. The number of benzene rings is 2. The molecule has 31 heavy (non-hydrogen) atoms. The highest BCUT2D eigenvalue weighted by Crippen LogP contribution is 2.36. The predicted octanol–water partition coefficient (Wildman–Crippen LogP) is 3.37. The molecule has 1 aliphatic heterocycles. The van der Waals surface area contributed by atoms with Crippen LogP contribution in [0.15, 0.2) is 48.7 Å². The van der Waals surface area contributed by atoms with Crippen LogP contribution in [0, 0.1) is 0 Å². The van der Waals surface area contributed by atoms with Gasteiger partial charge >= 0.3 is 0 Å². The molecule has 2 N–H and O–H groups in total. The van der Waals surface area contributed by atoms with E-state index in [-0.39, 0.29) is 11.8 Å². The van der Waals surface area contributed by atoms with Crippen LogP contribution in [0.3, 0.4) is 0 Å². The van der Waals surface area contributed by atoms with Crippen LogP contribution in [0.2, 0.25) is 0 Å². The lowest BCUT2D eigenvalue weighted by Crippen LogP contribution is -2.22. The van der Waals surface area contributed by atoms with E-state index in [1.165, 1.54) is 11.3 Å². The predicted molar refractivity (Wildman–Crippen MR) is 118 cm³/mol. The fourth-order valence-electron chi connectivity index (χ4n) is 2.93. The number of carbonyl (C=O) groups is 2. The van der Waals surface area contributed by atoms with Gasteiger partial charge in [-0.3, -0.25) is 9.59 Å². The first-order valence-corrected chi connectivity index (χ1v) is 10.5. The van der Waals surface area contributed by atoms with E-state index in [1.807, 2.05) is 19.0 Å². The van der Waals surface area contributed by atoms with Crippen molar-refractivity contribution < 1.29 is 19.1 Å². The Morgan fingerprint density at radius 3 is 2.90 bits per heavy atom. The number of likely N-dealkylation sites (N-methyl/N-ethyl adjacent to an activating group) is 1. The minimum Gasteiger partial charge on any atom is -0.469 e. The summed E-state index contributed by atoms with van der Waals surface area (Å²) in [6.45, 7) is 1.69. The minimum absolute atomic E-state index is 0.262. The van der Waals surface area contributed by atoms with E-state index in [4.69, 9.17) is 9.47 Å². The van der Waals surface area contributed by atoms with Gasteiger partial charge in [-0.05, 0) is 44.4 Å². The molecule has 4 rings (SSSR count). The summed E-state index contributed by atoms with van der Waals surface area (Å²) in [6, 6.07) is 11.9. The zero-order valence-corrected chi connectivity index (χ0v) is 18.0. The number of anilines is 1. The molecule has 0 fully saturated rings. The Balaban J connectivity index is 1.39. The first kappa shape index (κ1) is 20.8. The zero-order valence-electron chi connectivity index (χ0n) is 17.2. The van der Waals surface area contributed by atoms with E-state index in [1.54, 1.807) is 48.7 Å². The van der Waals surface area contributed by atoms with Gasteiger partial charge in [0.25, 0.3) is 17.0 Å². The average molecular weight is 439 g/mol. The second kappa shape index (κ2) is 9.15. The highest BCUT2D eigenvalue weighted by atomic mass is 32.1. The van der Waals surface area contributed by atoms with Gasteiger partial charge in [0, 0.05) is 23.2 Å². The van der Waals surface area contributed by atoms with Crippen LogP contribution in [0.5, 0.6) is 16.7 Å². The molecule has 2 heterocycles. The first-order chi connectivity index (χ1) is 15.0. The lowest BCUT2D eigenvalue weighted by atomic mass is 10.1. The number of amides is 2. The quantitative estimate of drug-likeness (QED) is 0.588. The average Bonchev–Trinajstić information content (AvgIpc) is 3.15. The number of aromatic nitrogens is 1. The Kier molecular flexibility index (Phi) is 6.15. The third-order valence-corrected chi connectivity index (χ3v) is 5.47. The van der Waals surface area contributed by atoms with Crippen LogP contribution in [0.25, 0.3) is 0 Å². The van der Waals surface area contributed by atoms with Gasteiger partial charge in [0.15, 0.2) is 5.75 Å². The molecule has 3 aromatic rings. The maximum atomic E-state index is 12.6. The van der Waals surface area contributed by atoms with Crippen LogP contribution >= 0.6 is 11.3 Å². The number of ether oxygens (including phenoxy) is 2. The zero-order chi connectivity index (χ0) is 21.8. The van der Waals surface area contributed by atoms with Gasteiger partial charge in [-0.2, -0.15) is 0 Å². The van der Waals surface area contributed by atoms with Crippen molar-refractivity contribution in [3.63, 3.8) is 0 Å². The number of fused-ring (bicyclic) bond motifs is 2. The normalized spacial score (nSPS) is 12.3. The summed E-state index contributed by atoms with van der Waals surface area (Å²) >= 11 is 1.40. The van der Waals surface area contributed by atoms with Crippen molar-refractivity contribution in [3.05, 3.63) is 64.7 Å². The largest absolute Gasteiger partial charge is 0.469 e. The molecular formula is C22H22N4O4S. The highest BCUT2D eigenvalue weighted by Gasteiger charge is 2.21. The van der Waals surface area contributed by atoms with Gasteiger partial charge in [0.1, 0.15) is 12.4 Å². The van der Waals surface area contributed by atoms with Crippen molar-refractivity contribution >= 4 is 28.8 Å². The van der Waals surface area contributed by atoms with Crippen molar-refractivity contribution in [1.82, 2.24) is 15.2 Å². The Morgan fingerprint density at radius 1 is 1.23 bits per heavy atom. The van der Waals surface area contributed by atoms with E-state index >= 15 is 0 Å². The Bertz CT molecular complexity index is 1110. The fraction of sp³-hybridized carbons (Fsp3) is 0.227. The summed E-state index contributed by atoms with van der Waals surface area (Å²) in [5.74, 6) is 0.419. The molecule has 0 bridgehead atoms. The second-order valence-corrected chi connectivity index (χ2v) is 8.27. The molecule has 9 heteroatoms. The standard InChI is InChI=1S/C22H22N4O4S/c1-26(2)9-10-29-22-24-13-15(31-22)12-23-20(27)14-7-8-19-17(11-14)25-21(28)16-5-3-4-6-18(16)30-19/h3-8,11,13H,9-10,12H2,1-2H3,(H,23,27)(H,25,28). The molecule has 1 aliphatic rings. The van der Waals surface area contributed by atoms with E-state index in [9.17, 15) is 9.59 Å². The first-order valence-electron chi connectivity index (χ1n) is 9.72. The number of hydrogen-bond acceptors (Lipinski definition) is 7. The monoisotopic (exact) mass is 438 g/mol. The molecule has 0 spiro atoms. The Morgan fingerprint density at radius 2 is 2.06 bits per heavy atom. The molecule has 0 atom stereocenters. The lowest BCUT2D eigenvalue weighted by Gasteiger charge is -2.10. The van der Waals surface area contributed by atoms with Crippen molar-refractivity contribution in [2.24, 2.45) is 0 Å². The van der Waals surface area contributed by atoms with E-state index < -0.39 is 0 Å². The van der Waals surface area contributed by atoms with Gasteiger partial charge in [-0.15, -0.1) is 0 Å². The van der Waals surface area contributed by atoms with Gasteiger partial charge in [-0.1, -0.05) is 23.5 Å². The Labute approximate surface area is 183 Å². The maximum Gasteiger partial charge on any atom is 0.273 e. The number of nitrogens with one attached hydrogen (secondary N) is 2. The second-order valence-electron chi connectivity index (χ2n) is 7.19. The van der Waals surface area contributed by atoms with Gasteiger partial charge in [0.2, 0.25) is 0 Å². The van der Waals surface area contributed by atoms with Crippen LogP contribution in [0.4, 0.5) is 5.69 Å². The molecule has 2 aromatic carbocycles. The van der Waals surface area contributed by atoms with E-state index in [0.717, 1.165) is 11.4 Å². The summed E-state index contributed by atoms with van der Waals surface area (Å²) in [4.78, 5) is 32.2. The molecule has 0 saturated heterocycles. The number of nitrogens with zero attached hydrogens (tertiary/aromatic N) is 2. The maximum absolute atomic E-state index is 12.6. The number of rotatable bonds is 7. The molecule has 0 aliphatic carbocycles. The summed E-state index contributed by atoms with van der Waals surface area (Å²) in [5, 5.41) is 6.25. The highest BCUT2D eigenvalue weighted by molar-refractivity contribution is 7.13. The molecule has 8 nitrogen and oxygen atoms in total. The van der Waals surface area contributed by atoms with Crippen molar-refractivity contribution in [1.29, 1.82) is 0 Å². The molecular weight excluding hydrogens is 416 g/mol. The molecule has 1 aromatic heterocycles. The van der Waals surface area contributed by atoms with Crippen LogP contribution < -0.4 is 20.1 Å². The van der Waals surface area contributed by atoms with Crippen molar-refractivity contribution in [2.45, 2.75) is 6.54 Å². The molecule has 160 valence electrons. The fourth-order valence-corrected chi connectivity index (χ4v) is 3.65. The topological polar surface area (TPSA) is 92.8 Å². The molecule has 2 amide bonds. The van der Waals surface area contributed by atoms with Gasteiger partial charge in [0.05, 0.1) is 17.8 Å². The number of carbonyl (C=O) groups excluding carboxylic acids is 2. The van der Waals surface area contributed by atoms with Crippen molar-refractivity contribution in [3.8, 4) is 16.7 Å². The third kappa shape index (κ3) is 5.01. The Hall–Kier alpha value is -3.43. The number of thiazole rings is 1. The SMILES string of the molecule is CN(C)CCOc1ncc(CNC(=O)c2ccc3c(c2)NC(=O)c2ccccc2O3)s1. The summed E-state index contributed by atoms with van der Waals surface area (Å²) in [6.07, 6.45) is 1.69. The van der Waals surface area contributed by atoms with Gasteiger partial charge < -0.3 is 25.0 Å². The van der Waals surface area contributed by atoms with Crippen LogP contribution in [0.1, 0.15) is 25.6 Å². The van der Waals surface area contributed by atoms with E-state index in [2.05, 4.69) is 15.6 Å². The number of para-hydroxylation sites is 1.